The topological polar surface area (TPSA) is 228 Å². The van der Waals surface area contributed by atoms with Crippen molar-refractivity contribution in [1.29, 1.82) is 0 Å². The predicted molar refractivity (Wildman–Crippen MR) is 226 cm³/mol. The molecule has 0 radical (unpaired) electrons. The first-order chi connectivity index (χ1) is 28.6. The van der Waals surface area contributed by atoms with Crippen LogP contribution in [0.3, 0.4) is 0 Å². The summed E-state index contributed by atoms with van der Waals surface area (Å²) in [6, 6.07) is -0.865. The molecule has 2 fully saturated rings. The van der Waals surface area contributed by atoms with Crippen LogP contribution >= 0.6 is 0 Å². The number of aliphatic hydroxyl groups excluding tert-OH is 8. The van der Waals surface area contributed by atoms with Gasteiger partial charge in [-0.05, 0) is 38.5 Å². The summed E-state index contributed by atoms with van der Waals surface area (Å²) in [5.41, 5.74) is 0. The third kappa shape index (κ3) is 21.1. The maximum atomic E-state index is 13.1. The smallest absolute Gasteiger partial charge is 0.220 e. The molecule has 1 amide bonds. The van der Waals surface area contributed by atoms with Gasteiger partial charge in [-0.2, -0.15) is 0 Å². The highest BCUT2D eigenvalue weighted by molar-refractivity contribution is 5.76. The minimum absolute atomic E-state index is 0.181. The van der Waals surface area contributed by atoms with Crippen LogP contribution in [0, 0.1) is 0 Å². The van der Waals surface area contributed by atoms with Crippen molar-refractivity contribution in [3.63, 3.8) is 0 Å². The van der Waals surface area contributed by atoms with Crippen LogP contribution in [-0.2, 0) is 23.7 Å². The monoisotopic (exact) mass is 842 g/mol. The molecule has 2 heterocycles. The van der Waals surface area contributed by atoms with Crippen LogP contribution in [-0.4, -0.2) is 140 Å². The Hall–Kier alpha value is -2.05. The zero-order valence-electron chi connectivity index (χ0n) is 35.7. The Bertz CT molecular complexity index is 1180. The van der Waals surface area contributed by atoms with E-state index < -0.39 is 86.8 Å². The molecule has 9 N–H and O–H groups in total. The second kappa shape index (κ2) is 32.6. The molecule has 0 aromatic carbocycles. The lowest BCUT2D eigenvalue weighted by atomic mass is 9.97. The van der Waals surface area contributed by atoms with Crippen LogP contribution in [0.5, 0.6) is 0 Å². The first kappa shape index (κ1) is 53.1. The molecule has 0 spiro atoms. The second-order valence-corrected chi connectivity index (χ2v) is 15.8. The molecule has 12 unspecified atom stereocenters. The van der Waals surface area contributed by atoms with Crippen LogP contribution in [0.2, 0.25) is 0 Å². The van der Waals surface area contributed by atoms with Crippen molar-refractivity contribution in [3.05, 3.63) is 48.6 Å². The summed E-state index contributed by atoms with van der Waals surface area (Å²) in [5.74, 6) is -0.291. The van der Waals surface area contributed by atoms with Crippen molar-refractivity contribution >= 4 is 5.91 Å². The Labute approximate surface area is 353 Å². The number of allylic oxidation sites excluding steroid dienone is 8. The fourth-order valence-corrected chi connectivity index (χ4v) is 7.13. The number of unbranched alkanes of at least 4 members (excludes halogenated alkanes) is 11. The maximum Gasteiger partial charge on any atom is 0.220 e. The molecule has 0 aliphatic carbocycles. The van der Waals surface area contributed by atoms with E-state index in [1.54, 1.807) is 0 Å². The van der Waals surface area contributed by atoms with Gasteiger partial charge in [-0.1, -0.05) is 140 Å². The molecule has 0 bridgehead atoms. The fourth-order valence-electron chi connectivity index (χ4n) is 7.13. The number of rotatable bonds is 32. The largest absolute Gasteiger partial charge is 0.394 e. The van der Waals surface area contributed by atoms with Crippen molar-refractivity contribution in [2.75, 3.05) is 19.8 Å². The number of aliphatic hydroxyl groups is 8. The molecule has 342 valence electrons. The van der Waals surface area contributed by atoms with Crippen LogP contribution in [0.4, 0.5) is 0 Å². The van der Waals surface area contributed by atoms with E-state index in [1.165, 1.54) is 51.4 Å². The molecule has 14 nitrogen and oxygen atoms in total. The minimum Gasteiger partial charge on any atom is -0.394 e. The number of carbonyl (C=O) groups excluding carboxylic acids is 1. The summed E-state index contributed by atoms with van der Waals surface area (Å²) in [7, 11) is 0. The molecule has 0 aromatic heterocycles. The summed E-state index contributed by atoms with van der Waals surface area (Å²) >= 11 is 0. The Balaban J connectivity index is 1.93. The van der Waals surface area contributed by atoms with Crippen molar-refractivity contribution in [3.8, 4) is 0 Å². The van der Waals surface area contributed by atoms with Gasteiger partial charge >= 0.3 is 0 Å². The Kier molecular flexibility index (Phi) is 29.4. The van der Waals surface area contributed by atoms with Crippen molar-refractivity contribution < 1.29 is 64.6 Å². The average molecular weight is 842 g/mol. The number of ether oxygens (including phenoxy) is 4. The molecule has 0 aromatic rings. The standard InChI is InChI=1S/C45H79NO13/c1-3-5-7-9-11-13-15-17-19-21-23-25-27-29-37(50)46-33(34(49)28-26-24-22-20-18-16-14-12-10-8-6-4-2)32-56-44-42(55)40(53)43(36(31-48)58-44)59-45-41(54)39(52)38(51)35(30-47)57-45/h5,7,11,13,17,19,23,25,33-36,38-45,47-49,51-55H,3-4,6,8-10,12,14-16,18,20-22,24,26-32H2,1-2H3,(H,46,50)/b7-5-,13-11-,19-17-,25-23-. The maximum absolute atomic E-state index is 13.1. The molecule has 59 heavy (non-hydrogen) atoms. The molecule has 2 aliphatic heterocycles. The van der Waals surface area contributed by atoms with Gasteiger partial charge in [-0.25, -0.2) is 0 Å². The van der Waals surface area contributed by atoms with Gasteiger partial charge < -0.3 is 65.1 Å². The number of hydrogen-bond acceptors (Lipinski definition) is 13. The zero-order valence-corrected chi connectivity index (χ0v) is 35.7. The number of hydrogen-bond donors (Lipinski definition) is 9. The van der Waals surface area contributed by atoms with Crippen LogP contribution in [0.1, 0.15) is 136 Å². The highest BCUT2D eigenvalue weighted by Gasteiger charge is 2.51. The van der Waals surface area contributed by atoms with Crippen LogP contribution < -0.4 is 5.32 Å². The lowest BCUT2D eigenvalue weighted by Crippen LogP contribution is -2.65. The van der Waals surface area contributed by atoms with Gasteiger partial charge in [0.1, 0.15) is 48.8 Å². The van der Waals surface area contributed by atoms with E-state index in [2.05, 4.69) is 55.6 Å². The van der Waals surface area contributed by atoms with Gasteiger partial charge in [-0.15, -0.1) is 0 Å². The molecule has 14 heteroatoms. The lowest BCUT2D eigenvalue weighted by Gasteiger charge is -2.46. The van der Waals surface area contributed by atoms with Gasteiger partial charge in [0.15, 0.2) is 12.6 Å². The van der Waals surface area contributed by atoms with Gasteiger partial charge in [0, 0.05) is 6.42 Å². The van der Waals surface area contributed by atoms with Crippen molar-refractivity contribution in [2.24, 2.45) is 0 Å². The molecule has 12 atom stereocenters. The third-order valence-electron chi connectivity index (χ3n) is 10.8. The van der Waals surface area contributed by atoms with Gasteiger partial charge in [0.25, 0.3) is 0 Å². The quantitative estimate of drug-likeness (QED) is 0.0343. The first-order valence-corrected chi connectivity index (χ1v) is 22.4. The third-order valence-corrected chi connectivity index (χ3v) is 10.8. The normalized spacial score (nSPS) is 29.0. The Morgan fingerprint density at radius 1 is 0.627 bits per heavy atom. The van der Waals surface area contributed by atoms with E-state index in [-0.39, 0.29) is 18.9 Å². The fraction of sp³-hybridized carbons (Fsp3) is 0.800. The molecular weight excluding hydrogens is 762 g/mol. The minimum atomic E-state index is -1.79. The van der Waals surface area contributed by atoms with E-state index in [0.717, 1.165) is 51.4 Å². The van der Waals surface area contributed by atoms with Crippen LogP contribution in [0.25, 0.3) is 0 Å². The summed E-state index contributed by atoms with van der Waals surface area (Å²) in [4.78, 5) is 13.1. The SMILES string of the molecule is CC/C=C\C/C=C\C/C=C\C/C=C\CCC(=O)NC(COC1OC(CO)C(OC2OC(CO)C(O)C(O)C2O)C(O)C1O)C(O)CCCCCCCCCCCCCC. The van der Waals surface area contributed by atoms with E-state index in [9.17, 15) is 45.6 Å². The highest BCUT2D eigenvalue weighted by Crippen LogP contribution is 2.30. The molecule has 2 rings (SSSR count). The van der Waals surface area contributed by atoms with Gasteiger partial charge in [0.2, 0.25) is 5.91 Å². The van der Waals surface area contributed by atoms with Gasteiger partial charge in [-0.3, -0.25) is 4.79 Å². The van der Waals surface area contributed by atoms with Crippen molar-refractivity contribution in [2.45, 2.75) is 209 Å². The van der Waals surface area contributed by atoms with E-state index in [1.807, 2.05) is 12.2 Å². The first-order valence-electron chi connectivity index (χ1n) is 22.4. The van der Waals surface area contributed by atoms with E-state index >= 15 is 0 Å². The molecular formula is C45H79NO13. The van der Waals surface area contributed by atoms with E-state index in [4.69, 9.17) is 18.9 Å². The van der Waals surface area contributed by atoms with Crippen molar-refractivity contribution in [1.82, 2.24) is 5.32 Å². The second-order valence-electron chi connectivity index (χ2n) is 15.8. The number of amides is 1. The van der Waals surface area contributed by atoms with Crippen LogP contribution in [0.15, 0.2) is 48.6 Å². The highest BCUT2D eigenvalue weighted by atomic mass is 16.7. The number of nitrogens with one attached hydrogen (secondary N) is 1. The molecule has 0 saturated carbocycles. The summed E-state index contributed by atoms with van der Waals surface area (Å²) in [6.07, 6.45) is 18.6. The average Bonchev–Trinajstić information content (AvgIpc) is 3.23. The zero-order chi connectivity index (χ0) is 43.3. The van der Waals surface area contributed by atoms with Gasteiger partial charge in [0.05, 0.1) is 32.0 Å². The number of carbonyl (C=O) groups is 1. The summed E-state index contributed by atoms with van der Waals surface area (Å²) < 4.78 is 22.6. The summed E-state index contributed by atoms with van der Waals surface area (Å²) in [5, 5.41) is 86.5. The lowest BCUT2D eigenvalue weighted by molar-refractivity contribution is -0.359. The Morgan fingerprint density at radius 3 is 1.69 bits per heavy atom. The molecule has 2 aliphatic rings. The summed E-state index contributed by atoms with van der Waals surface area (Å²) in [6.45, 7) is 2.64. The van der Waals surface area contributed by atoms with E-state index in [0.29, 0.717) is 12.8 Å². The Morgan fingerprint density at radius 2 is 1.14 bits per heavy atom. The predicted octanol–water partition coefficient (Wildman–Crippen LogP) is 4.15. The molecule has 2 saturated heterocycles.